The Balaban J connectivity index is 1.86. The summed E-state index contributed by atoms with van der Waals surface area (Å²) in [6.45, 7) is -0.108. The number of carbonyl (C=O) groups is 2. The highest BCUT2D eigenvalue weighted by atomic mass is 19.1. The van der Waals surface area contributed by atoms with E-state index in [2.05, 4.69) is 5.32 Å². The van der Waals surface area contributed by atoms with E-state index in [1.807, 2.05) is 0 Å². The minimum atomic E-state index is -1.14. The van der Waals surface area contributed by atoms with Crippen LogP contribution in [0.25, 0.3) is 11.3 Å². The van der Waals surface area contributed by atoms with Gasteiger partial charge in [-0.1, -0.05) is 12.1 Å². The summed E-state index contributed by atoms with van der Waals surface area (Å²) < 4.78 is 24.0. The smallest absolute Gasteiger partial charge is 0.334 e. The summed E-state index contributed by atoms with van der Waals surface area (Å²) in [6, 6.07) is 9.60. The van der Waals surface area contributed by atoms with E-state index < -0.39 is 12.1 Å². The van der Waals surface area contributed by atoms with Crippen molar-refractivity contribution in [2.24, 2.45) is 0 Å². The van der Waals surface area contributed by atoms with Gasteiger partial charge < -0.3 is 19.6 Å². The van der Waals surface area contributed by atoms with Crippen molar-refractivity contribution in [1.82, 2.24) is 5.32 Å². The van der Waals surface area contributed by atoms with Crippen LogP contribution in [0.2, 0.25) is 0 Å². The lowest BCUT2D eigenvalue weighted by molar-refractivity contribution is -0.148. The van der Waals surface area contributed by atoms with Gasteiger partial charge in [0.25, 0.3) is 0 Å². The monoisotopic (exact) mass is 335 g/mol. The van der Waals surface area contributed by atoms with Crippen molar-refractivity contribution in [3.8, 4) is 11.3 Å². The molecule has 6 nitrogen and oxygen atoms in total. The van der Waals surface area contributed by atoms with Crippen molar-refractivity contribution in [1.29, 1.82) is 0 Å². The number of aliphatic carboxylic acids is 1. The van der Waals surface area contributed by atoms with Crippen molar-refractivity contribution in [3.63, 3.8) is 0 Å². The molecule has 0 bridgehead atoms. The fraction of sp³-hybridized carbons (Fsp3) is 0.294. The zero-order valence-electron chi connectivity index (χ0n) is 13.1. The second-order valence-electron chi connectivity index (χ2n) is 5.11. The number of carboxylic acid groups (broad SMARTS) is 1. The number of carboxylic acids is 1. The Hall–Kier alpha value is -2.67. The van der Waals surface area contributed by atoms with Gasteiger partial charge in [-0.25, -0.2) is 9.18 Å². The number of ether oxygens (including phenoxy) is 1. The molecular weight excluding hydrogens is 317 g/mol. The van der Waals surface area contributed by atoms with Crippen molar-refractivity contribution in [3.05, 3.63) is 48.0 Å². The molecule has 2 rings (SSSR count). The Kier molecular flexibility index (Phi) is 6.08. The third kappa shape index (κ3) is 4.66. The van der Waals surface area contributed by atoms with Crippen molar-refractivity contribution < 1.29 is 28.2 Å². The van der Waals surface area contributed by atoms with Gasteiger partial charge in [-0.05, 0) is 24.3 Å². The topological polar surface area (TPSA) is 88.8 Å². The number of methoxy groups -OCH3 is 1. The molecule has 1 aromatic carbocycles. The molecule has 1 heterocycles. The van der Waals surface area contributed by atoms with Crippen LogP contribution < -0.4 is 5.32 Å². The van der Waals surface area contributed by atoms with Crippen molar-refractivity contribution in [2.75, 3.05) is 13.7 Å². The Morgan fingerprint density at radius 2 is 2.04 bits per heavy atom. The maximum absolute atomic E-state index is 13.7. The Bertz CT molecular complexity index is 713. The molecule has 0 aliphatic heterocycles. The maximum atomic E-state index is 13.7. The minimum absolute atomic E-state index is 0.108. The molecule has 0 aliphatic rings. The Labute approximate surface area is 138 Å². The number of hydrogen-bond donors (Lipinski definition) is 2. The number of amides is 1. The largest absolute Gasteiger partial charge is 0.479 e. The van der Waals surface area contributed by atoms with Gasteiger partial charge in [0.05, 0.1) is 12.1 Å². The standard InChI is InChI=1S/C17H18FNO5/c1-23-15(17(21)22)10-19-16(20)9-7-11-6-8-14(24-11)12-4-2-3-5-13(12)18/h2-6,8,15H,7,9-10H2,1H3,(H,19,20)(H,21,22). The summed E-state index contributed by atoms with van der Waals surface area (Å²) in [7, 11) is 1.26. The van der Waals surface area contributed by atoms with E-state index in [9.17, 15) is 14.0 Å². The molecular formula is C17H18FNO5. The molecule has 24 heavy (non-hydrogen) atoms. The summed E-state index contributed by atoms with van der Waals surface area (Å²) in [4.78, 5) is 22.5. The normalized spacial score (nSPS) is 11.9. The third-order valence-electron chi connectivity index (χ3n) is 3.44. The van der Waals surface area contributed by atoms with Crippen LogP contribution in [-0.2, 0) is 20.7 Å². The Morgan fingerprint density at radius 3 is 2.71 bits per heavy atom. The number of nitrogens with one attached hydrogen (secondary N) is 1. The lowest BCUT2D eigenvalue weighted by Gasteiger charge is -2.11. The molecule has 0 aliphatic carbocycles. The molecule has 0 radical (unpaired) electrons. The molecule has 0 fully saturated rings. The van der Waals surface area contributed by atoms with E-state index >= 15 is 0 Å². The molecule has 1 unspecified atom stereocenters. The first-order valence-corrected chi connectivity index (χ1v) is 7.37. The van der Waals surface area contributed by atoms with Gasteiger partial charge in [-0.2, -0.15) is 0 Å². The first kappa shape index (κ1) is 17.7. The van der Waals surface area contributed by atoms with Gasteiger partial charge in [-0.3, -0.25) is 4.79 Å². The second kappa shape index (κ2) is 8.26. The van der Waals surface area contributed by atoms with E-state index in [1.165, 1.54) is 13.2 Å². The highest BCUT2D eigenvalue weighted by Crippen LogP contribution is 2.25. The minimum Gasteiger partial charge on any atom is -0.479 e. The quantitative estimate of drug-likeness (QED) is 0.772. The summed E-state index contributed by atoms with van der Waals surface area (Å²) in [5.74, 6) is -0.894. The van der Waals surface area contributed by atoms with Gasteiger partial charge in [0.2, 0.25) is 5.91 Å². The van der Waals surface area contributed by atoms with Gasteiger partial charge >= 0.3 is 5.97 Å². The summed E-state index contributed by atoms with van der Waals surface area (Å²) >= 11 is 0. The number of benzene rings is 1. The number of rotatable bonds is 8. The summed E-state index contributed by atoms with van der Waals surface area (Å²) in [5, 5.41) is 11.3. The molecule has 2 aromatic rings. The average Bonchev–Trinajstić information content (AvgIpc) is 3.02. The number of carbonyl (C=O) groups excluding carboxylic acids is 1. The van der Waals surface area contributed by atoms with Gasteiger partial charge in [0, 0.05) is 20.0 Å². The number of halogens is 1. The van der Waals surface area contributed by atoms with Crippen molar-refractivity contribution in [2.45, 2.75) is 18.9 Å². The molecule has 7 heteroatoms. The van der Waals surface area contributed by atoms with Crippen LogP contribution in [0, 0.1) is 5.82 Å². The zero-order valence-corrected chi connectivity index (χ0v) is 13.1. The van der Waals surface area contributed by atoms with Crippen LogP contribution in [0.5, 0.6) is 0 Å². The molecule has 0 saturated carbocycles. The van der Waals surface area contributed by atoms with Crippen LogP contribution in [0.1, 0.15) is 12.2 Å². The van der Waals surface area contributed by atoms with E-state index in [0.29, 0.717) is 23.5 Å². The van der Waals surface area contributed by atoms with Crippen LogP contribution in [0.4, 0.5) is 4.39 Å². The van der Waals surface area contributed by atoms with E-state index in [1.54, 1.807) is 30.3 Å². The van der Waals surface area contributed by atoms with Crippen LogP contribution in [0.15, 0.2) is 40.8 Å². The van der Waals surface area contributed by atoms with Crippen LogP contribution in [-0.4, -0.2) is 36.7 Å². The SMILES string of the molecule is COC(CNC(=O)CCc1ccc(-c2ccccc2F)o1)C(=O)O. The highest BCUT2D eigenvalue weighted by Gasteiger charge is 2.17. The predicted molar refractivity (Wildman–Crippen MR) is 83.9 cm³/mol. The molecule has 0 saturated heterocycles. The van der Waals surface area contributed by atoms with Crippen LogP contribution >= 0.6 is 0 Å². The maximum Gasteiger partial charge on any atom is 0.334 e. The first-order chi connectivity index (χ1) is 11.5. The first-order valence-electron chi connectivity index (χ1n) is 7.37. The van der Waals surface area contributed by atoms with E-state index in [0.717, 1.165) is 0 Å². The highest BCUT2D eigenvalue weighted by molar-refractivity contribution is 5.78. The third-order valence-corrected chi connectivity index (χ3v) is 3.44. The molecule has 2 N–H and O–H groups in total. The van der Waals surface area contributed by atoms with E-state index in [4.69, 9.17) is 14.3 Å². The number of aryl methyl sites for hydroxylation is 1. The molecule has 0 spiro atoms. The molecule has 1 atom stereocenters. The number of hydrogen-bond acceptors (Lipinski definition) is 4. The molecule has 1 aromatic heterocycles. The van der Waals surface area contributed by atoms with Crippen LogP contribution in [0.3, 0.4) is 0 Å². The second-order valence-corrected chi connectivity index (χ2v) is 5.11. The zero-order chi connectivity index (χ0) is 17.5. The molecule has 1 amide bonds. The number of furan rings is 1. The lowest BCUT2D eigenvalue weighted by atomic mass is 10.1. The van der Waals surface area contributed by atoms with E-state index in [-0.39, 0.29) is 24.7 Å². The Morgan fingerprint density at radius 1 is 1.29 bits per heavy atom. The molecule has 128 valence electrons. The van der Waals surface area contributed by atoms with Gasteiger partial charge in [-0.15, -0.1) is 0 Å². The fourth-order valence-electron chi connectivity index (χ4n) is 2.12. The summed E-state index contributed by atoms with van der Waals surface area (Å²) in [5.41, 5.74) is 0.359. The van der Waals surface area contributed by atoms with Gasteiger partial charge in [0.15, 0.2) is 6.10 Å². The van der Waals surface area contributed by atoms with Crippen molar-refractivity contribution >= 4 is 11.9 Å². The predicted octanol–water partition coefficient (Wildman–Crippen LogP) is 2.23. The average molecular weight is 335 g/mol. The fourth-order valence-corrected chi connectivity index (χ4v) is 2.12. The lowest BCUT2D eigenvalue weighted by Crippen LogP contribution is -2.37. The summed E-state index contributed by atoms with van der Waals surface area (Å²) in [6.07, 6.45) is -0.629. The van der Waals surface area contributed by atoms with Gasteiger partial charge in [0.1, 0.15) is 17.3 Å².